The number of nitrogens with zero attached hydrogens (tertiary/aromatic N) is 1. The van der Waals surface area contributed by atoms with Crippen molar-refractivity contribution in [3.05, 3.63) is 0 Å². The molecular weight excluding hydrogens is 188 g/mol. The van der Waals surface area contributed by atoms with Crippen LogP contribution in [-0.2, 0) is 4.74 Å². The molecule has 3 heteroatoms. The molecule has 1 saturated heterocycles. The van der Waals surface area contributed by atoms with Gasteiger partial charge in [0.05, 0.1) is 6.61 Å². The Hall–Kier alpha value is -0.120. The molecule has 0 spiro atoms. The molecule has 0 amide bonds. The number of rotatable bonds is 8. The fraction of sp³-hybridized carbons (Fsp3) is 1.00. The van der Waals surface area contributed by atoms with Crippen molar-refractivity contribution in [1.82, 2.24) is 10.2 Å². The van der Waals surface area contributed by atoms with Gasteiger partial charge in [-0.1, -0.05) is 13.8 Å². The predicted molar refractivity (Wildman–Crippen MR) is 64.2 cm³/mol. The first kappa shape index (κ1) is 12.9. The summed E-state index contributed by atoms with van der Waals surface area (Å²) in [5.74, 6) is 0. The van der Waals surface area contributed by atoms with Gasteiger partial charge in [0.1, 0.15) is 0 Å². The van der Waals surface area contributed by atoms with Crippen LogP contribution in [0.25, 0.3) is 0 Å². The molecule has 1 aliphatic rings. The highest BCUT2D eigenvalue weighted by Gasteiger charge is 2.22. The Balaban J connectivity index is 1.95. The van der Waals surface area contributed by atoms with Crippen LogP contribution in [0, 0.1) is 0 Å². The lowest BCUT2D eigenvalue weighted by molar-refractivity contribution is 0.0776. The molecular formula is C12H26N2O. The summed E-state index contributed by atoms with van der Waals surface area (Å²) in [5, 5.41) is 3.31. The smallest absolute Gasteiger partial charge is 0.0621 e. The quantitative estimate of drug-likeness (QED) is 0.620. The van der Waals surface area contributed by atoms with Gasteiger partial charge in [-0.05, 0) is 45.4 Å². The zero-order chi connectivity index (χ0) is 10.9. The van der Waals surface area contributed by atoms with Gasteiger partial charge in [0.25, 0.3) is 0 Å². The second-order valence-electron chi connectivity index (χ2n) is 4.21. The molecule has 1 rings (SSSR count). The van der Waals surface area contributed by atoms with Crippen LogP contribution in [0.5, 0.6) is 0 Å². The average Bonchev–Trinajstić information content (AvgIpc) is 2.70. The number of ether oxygens (including phenoxy) is 1. The van der Waals surface area contributed by atoms with Gasteiger partial charge in [-0.2, -0.15) is 0 Å². The molecule has 0 aromatic carbocycles. The standard InChI is InChI=1S/C12H26N2O/c1-3-13-8-6-10-15-11-12-7-5-9-14(12)4-2/h12-13H,3-11H2,1-2H3. The first-order valence-corrected chi connectivity index (χ1v) is 6.41. The maximum absolute atomic E-state index is 5.71. The van der Waals surface area contributed by atoms with E-state index < -0.39 is 0 Å². The van der Waals surface area contributed by atoms with E-state index in [0.717, 1.165) is 32.7 Å². The topological polar surface area (TPSA) is 24.5 Å². The molecule has 0 aliphatic carbocycles. The van der Waals surface area contributed by atoms with Gasteiger partial charge in [0.2, 0.25) is 0 Å². The third kappa shape index (κ3) is 4.96. The molecule has 15 heavy (non-hydrogen) atoms. The van der Waals surface area contributed by atoms with Crippen LogP contribution in [0.2, 0.25) is 0 Å². The second-order valence-corrected chi connectivity index (χ2v) is 4.21. The zero-order valence-electron chi connectivity index (χ0n) is 10.3. The van der Waals surface area contributed by atoms with Crippen molar-refractivity contribution in [1.29, 1.82) is 0 Å². The second kappa shape index (κ2) is 8.08. The van der Waals surface area contributed by atoms with E-state index in [9.17, 15) is 0 Å². The minimum Gasteiger partial charge on any atom is -0.380 e. The lowest BCUT2D eigenvalue weighted by Gasteiger charge is -2.22. The Morgan fingerprint density at radius 3 is 3.00 bits per heavy atom. The van der Waals surface area contributed by atoms with Gasteiger partial charge < -0.3 is 10.1 Å². The van der Waals surface area contributed by atoms with Crippen molar-refractivity contribution in [2.75, 3.05) is 39.4 Å². The van der Waals surface area contributed by atoms with Gasteiger partial charge in [-0.25, -0.2) is 0 Å². The van der Waals surface area contributed by atoms with Crippen LogP contribution in [-0.4, -0.2) is 50.3 Å². The van der Waals surface area contributed by atoms with E-state index in [1.807, 2.05) is 0 Å². The maximum atomic E-state index is 5.71. The summed E-state index contributed by atoms with van der Waals surface area (Å²) >= 11 is 0. The lowest BCUT2D eigenvalue weighted by atomic mass is 10.2. The summed E-state index contributed by atoms with van der Waals surface area (Å²) in [6.45, 7) is 10.8. The van der Waals surface area contributed by atoms with Crippen molar-refractivity contribution in [2.24, 2.45) is 0 Å². The van der Waals surface area contributed by atoms with Gasteiger partial charge in [0.15, 0.2) is 0 Å². The van der Waals surface area contributed by atoms with Crippen LogP contribution in [0.15, 0.2) is 0 Å². The molecule has 0 aromatic heterocycles. The monoisotopic (exact) mass is 214 g/mol. The maximum Gasteiger partial charge on any atom is 0.0621 e. The highest BCUT2D eigenvalue weighted by molar-refractivity contribution is 4.77. The van der Waals surface area contributed by atoms with Gasteiger partial charge in [-0.15, -0.1) is 0 Å². The summed E-state index contributed by atoms with van der Waals surface area (Å²) in [7, 11) is 0. The summed E-state index contributed by atoms with van der Waals surface area (Å²) in [5.41, 5.74) is 0. The molecule has 1 aliphatic heterocycles. The van der Waals surface area contributed by atoms with Crippen molar-refractivity contribution in [2.45, 2.75) is 39.2 Å². The Bertz CT molecular complexity index is 153. The van der Waals surface area contributed by atoms with E-state index in [1.165, 1.54) is 25.9 Å². The Labute approximate surface area is 94.2 Å². The van der Waals surface area contributed by atoms with Crippen molar-refractivity contribution < 1.29 is 4.74 Å². The number of hydrogen-bond donors (Lipinski definition) is 1. The number of hydrogen-bond acceptors (Lipinski definition) is 3. The zero-order valence-corrected chi connectivity index (χ0v) is 10.3. The van der Waals surface area contributed by atoms with Crippen LogP contribution in [0.1, 0.15) is 33.1 Å². The lowest BCUT2D eigenvalue weighted by Crippen LogP contribution is -2.33. The van der Waals surface area contributed by atoms with E-state index in [-0.39, 0.29) is 0 Å². The molecule has 0 aromatic rings. The number of nitrogens with one attached hydrogen (secondary N) is 1. The Morgan fingerprint density at radius 2 is 2.27 bits per heavy atom. The van der Waals surface area contributed by atoms with E-state index in [2.05, 4.69) is 24.1 Å². The first-order valence-electron chi connectivity index (χ1n) is 6.41. The third-order valence-corrected chi connectivity index (χ3v) is 3.11. The minimum absolute atomic E-state index is 0.689. The molecule has 1 N–H and O–H groups in total. The van der Waals surface area contributed by atoms with Crippen molar-refractivity contribution in [3.8, 4) is 0 Å². The molecule has 0 radical (unpaired) electrons. The molecule has 90 valence electrons. The molecule has 1 fully saturated rings. The number of likely N-dealkylation sites (tertiary alicyclic amines) is 1. The fourth-order valence-electron chi connectivity index (χ4n) is 2.20. The highest BCUT2D eigenvalue weighted by Crippen LogP contribution is 2.16. The van der Waals surface area contributed by atoms with Crippen molar-refractivity contribution in [3.63, 3.8) is 0 Å². The SMILES string of the molecule is CCNCCCOCC1CCCN1CC. The fourth-order valence-corrected chi connectivity index (χ4v) is 2.20. The molecule has 3 nitrogen and oxygen atoms in total. The van der Waals surface area contributed by atoms with Gasteiger partial charge >= 0.3 is 0 Å². The van der Waals surface area contributed by atoms with Gasteiger partial charge in [0, 0.05) is 12.6 Å². The predicted octanol–water partition coefficient (Wildman–Crippen LogP) is 1.49. The average molecular weight is 214 g/mol. The van der Waals surface area contributed by atoms with E-state index in [4.69, 9.17) is 4.74 Å². The number of likely N-dealkylation sites (N-methyl/N-ethyl adjacent to an activating group) is 1. The Morgan fingerprint density at radius 1 is 1.40 bits per heavy atom. The summed E-state index contributed by atoms with van der Waals surface area (Å²) < 4.78 is 5.71. The third-order valence-electron chi connectivity index (χ3n) is 3.11. The van der Waals surface area contributed by atoms with Crippen LogP contribution in [0.4, 0.5) is 0 Å². The summed E-state index contributed by atoms with van der Waals surface area (Å²) in [6.07, 6.45) is 3.80. The van der Waals surface area contributed by atoms with E-state index in [1.54, 1.807) is 0 Å². The Kier molecular flexibility index (Phi) is 6.98. The molecule has 0 saturated carbocycles. The summed E-state index contributed by atoms with van der Waals surface area (Å²) in [4.78, 5) is 2.53. The van der Waals surface area contributed by atoms with Crippen LogP contribution in [0.3, 0.4) is 0 Å². The molecule has 1 heterocycles. The summed E-state index contributed by atoms with van der Waals surface area (Å²) in [6, 6.07) is 0.689. The van der Waals surface area contributed by atoms with Crippen LogP contribution < -0.4 is 5.32 Å². The molecule has 1 unspecified atom stereocenters. The van der Waals surface area contributed by atoms with Gasteiger partial charge in [-0.3, -0.25) is 4.90 Å². The normalized spacial score (nSPS) is 22.4. The van der Waals surface area contributed by atoms with Crippen LogP contribution >= 0.6 is 0 Å². The van der Waals surface area contributed by atoms with Crippen molar-refractivity contribution >= 4 is 0 Å². The van der Waals surface area contributed by atoms with E-state index >= 15 is 0 Å². The minimum atomic E-state index is 0.689. The first-order chi connectivity index (χ1) is 7.38. The largest absolute Gasteiger partial charge is 0.380 e. The van der Waals surface area contributed by atoms with E-state index in [0.29, 0.717) is 6.04 Å². The highest BCUT2D eigenvalue weighted by atomic mass is 16.5. The molecule has 0 bridgehead atoms. The molecule has 1 atom stereocenters.